The first kappa shape index (κ1) is 20.6. The van der Waals surface area contributed by atoms with Gasteiger partial charge < -0.3 is 20.3 Å². The Balaban J connectivity index is 1.68. The maximum Gasteiger partial charge on any atom is 0.171 e. The van der Waals surface area contributed by atoms with E-state index in [4.69, 9.17) is 17.0 Å². The van der Waals surface area contributed by atoms with Crippen LogP contribution in [0.25, 0.3) is 0 Å². The Kier molecular flexibility index (Phi) is 7.29. The molecule has 1 saturated heterocycles. The molecule has 2 aromatic carbocycles. The smallest absolute Gasteiger partial charge is 0.171 e. The summed E-state index contributed by atoms with van der Waals surface area (Å²) < 4.78 is 5.33. The van der Waals surface area contributed by atoms with Gasteiger partial charge in [0.2, 0.25) is 0 Å². The highest BCUT2D eigenvalue weighted by Gasteiger charge is 2.26. The van der Waals surface area contributed by atoms with E-state index >= 15 is 0 Å². The Morgan fingerprint density at radius 2 is 1.79 bits per heavy atom. The molecule has 0 spiro atoms. The fraction of sp³-hybridized carbons (Fsp3) is 0.435. The second kappa shape index (κ2) is 9.89. The first-order valence-corrected chi connectivity index (χ1v) is 10.6. The molecule has 3 N–H and O–H groups in total. The van der Waals surface area contributed by atoms with E-state index in [0.29, 0.717) is 11.2 Å². The minimum atomic E-state index is 0.379. The monoisotopic (exact) mass is 398 g/mol. The zero-order valence-electron chi connectivity index (χ0n) is 17.2. The molecule has 0 saturated carbocycles. The molecule has 2 aromatic rings. The summed E-state index contributed by atoms with van der Waals surface area (Å²) in [6.45, 7) is 7.50. The Morgan fingerprint density at radius 3 is 2.46 bits per heavy atom. The lowest BCUT2D eigenvalue weighted by Crippen LogP contribution is -3.13. The second-order valence-electron chi connectivity index (χ2n) is 7.63. The molecule has 1 heterocycles. The lowest BCUT2D eigenvalue weighted by atomic mass is 10.0. The molecule has 5 heteroatoms. The van der Waals surface area contributed by atoms with E-state index < -0.39 is 0 Å². The molecule has 150 valence electrons. The standard InChI is InChI=1S/C23H31N3OS/c1-17-8-7-9-21(18(17)2)25-23(28)24-16-22(26-14-5-4-6-15-26)19-10-12-20(27-3)13-11-19/h7-13,22H,4-6,14-16H2,1-3H3,(H2,24,25,28)/p+1/t22-/m0/s1. The molecular formula is C23H32N3OS+. The molecule has 0 radical (unpaired) electrons. The van der Waals surface area contributed by atoms with Crippen molar-refractivity contribution in [1.82, 2.24) is 5.32 Å². The lowest BCUT2D eigenvalue weighted by molar-refractivity contribution is -0.934. The van der Waals surface area contributed by atoms with Crippen LogP contribution in [0.15, 0.2) is 42.5 Å². The maximum absolute atomic E-state index is 5.60. The summed E-state index contributed by atoms with van der Waals surface area (Å²) in [5, 5.41) is 7.52. The number of rotatable bonds is 6. The van der Waals surface area contributed by atoms with Crippen LogP contribution >= 0.6 is 12.2 Å². The summed E-state index contributed by atoms with van der Waals surface area (Å²) in [4.78, 5) is 1.64. The molecule has 0 amide bonds. The highest BCUT2D eigenvalue weighted by atomic mass is 32.1. The number of quaternary nitrogens is 1. The topological polar surface area (TPSA) is 37.7 Å². The molecule has 0 bridgehead atoms. The van der Waals surface area contributed by atoms with E-state index in [9.17, 15) is 0 Å². The number of methoxy groups -OCH3 is 1. The lowest BCUT2D eigenvalue weighted by Gasteiger charge is -2.32. The molecule has 1 aliphatic heterocycles. The van der Waals surface area contributed by atoms with Crippen molar-refractivity contribution in [2.24, 2.45) is 0 Å². The minimum absolute atomic E-state index is 0.379. The van der Waals surface area contributed by atoms with E-state index in [1.54, 1.807) is 12.0 Å². The van der Waals surface area contributed by atoms with Crippen molar-refractivity contribution < 1.29 is 9.64 Å². The van der Waals surface area contributed by atoms with Crippen molar-refractivity contribution in [3.8, 4) is 5.75 Å². The van der Waals surface area contributed by atoms with Gasteiger partial charge in [0.25, 0.3) is 0 Å². The van der Waals surface area contributed by atoms with E-state index in [0.717, 1.165) is 18.0 Å². The van der Waals surface area contributed by atoms with Gasteiger partial charge in [-0.05, 0) is 86.8 Å². The molecule has 28 heavy (non-hydrogen) atoms. The van der Waals surface area contributed by atoms with E-state index in [-0.39, 0.29) is 0 Å². The van der Waals surface area contributed by atoms with Crippen LogP contribution in [0.1, 0.15) is 42.0 Å². The number of piperidine rings is 1. The number of thiocarbonyl (C=S) groups is 1. The largest absolute Gasteiger partial charge is 0.497 e. The predicted molar refractivity (Wildman–Crippen MR) is 120 cm³/mol. The third-order valence-corrected chi connectivity index (χ3v) is 6.07. The molecule has 3 rings (SSSR count). The van der Waals surface area contributed by atoms with E-state index in [1.165, 1.54) is 49.0 Å². The third-order valence-electron chi connectivity index (χ3n) is 5.83. The van der Waals surface area contributed by atoms with Crippen molar-refractivity contribution in [1.29, 1.82) is 0 Å². The Morgan fingerprint density at radius 1 is 1.07 bits per heavy atom. The van der Waals surface area contributed by atoms with Crippen LogP contribution in [-0.4, -0.2) is 31.9 Å². The molecule has 1 aliphatic rings. The Bertz CT molecular complexity index is 785. The number of hydrogen-bond acceptors (Lipinski definition) is 2. The van der Waals surface area contributed by atoms with Gasteiger partial charge in [0, 0.05) is 11.3 Å². The highest BCUT2D eigenvalue weighted by molar-refractivity contribution is 7.80. The summed E-state index contributed by atoms with van der Waals surface area (Å²) >= 11 is 5.60. The van der Waals surface area contributed by atoms with Crippen LogP contribution in [0.5, 0.6) is 5.75 Å². The van der Waals surface area contributed by atoms with Crippen molar-refractivity contribution in [3.05, 3.63) is 59.2 Å². The van der Waals surface area contributed by atoms with Crippen LogP contribution in [0, 0.1) is 13.8 Å². The first-order chi connectivity index (χ1) is 13.6. The molecule has 0 aliphatic carbocycles. The van der Waals surface area contributed by atoms with Crippen molar-refractivity contribution in [3.63, 3.8) is 0 Å². The molecule has 4 nitrogen and oxygen atoms in total. The fourth-order valence-electron chi connectivity index (χ4n) is 3.94. The van der Waals surface area contributed by atoms with Gasteiger partial charge in [0.15, 0.2) is 5.11 Å². The van der Waals surface area contributed by atoms with Gasteiger partial charge in [0.05, 0.1) is 26.7 Å². The zero-order valence-corrected chi connectivity index (χ0v) is 18.0. The molecule has 0 unspecified atom stereocenters. The number of likely N-dealkylation sites (tertiary alicyclic amines) is 1. The second-order valence-corrected chi connectivity index (χ2v) is 8.04. The normalized spacial score (nSPS) is 15.7. The molecular weight excluding hydrogens is 366 g/mol. The van der Waals surface area contributed by atoms with Gasteiger partial charge in [-0.3, -0.25) is 0 Å². The molecule has 1 atom stereocenters. The maximum atomic E-state index is 5.60. The number of hydrogen-bond donors (Lipinski definition) is 3. The third kappa shape index (κ3) is 5.24. The quantitative estimate of drug-likeness (QED) is 0.652. The predicted octanol–water partition coefficient (Wildman–Crippen LogP) is 3.41. The van der Waals surface area contributed by atoms with Crippen LogP contribution in [0.3, 0.4) is 0 Å². The number of aryl methyl sites for hydroxylation is 1. The summed E-state index contributed by atoms with van der Waals surface area (Å²) in [6.07, 6.45) is 3.94. The van der Waals surface area contributed by atoms with Gasteiger partial charge >= 0.3 is 0 Å². The SMILES string of the molecule is COc1ccc([C@H](CNC(=S)Nc2cccc(C)c2C)[NH+]2CCCCC2)cc1. The van der Waals surface area contributed by atoms with E-state index in [1.807, 2.05) is 0 Å². The van der Waals surface area contributed by atoms with Crippen molar-refractivity contribution >= 4 is 23.0 Å². The van der Waals surface area contributed by atoms with Gasteiger partial charge in [-0.2, -0.15) is 0 Å². The van der Waals surface area contributed by atoms with Crippen molar-refractivity contribution in [2.75, 3.05) is 32.1 Å². The number of nitrogens with one attached hydrogen (secondary N) is 3. The number of ether oxygens (including phenoxy) is 1. The first-order valence-electron chi connectivity index (χ1n) is 10.2. The van der Waals surface area contributed by atoms with Crippen LogP contribution in [0.4, 0.5) is 5.69 Å². The number of benzene rings is 2. The van der Waals surface area contributed by atoms with Gasteiger partial charge in [-0.15, -0.1) is 0 Å². The van der Waals surface area contributed by atoms with Crippen molar-refractivity contribution in [2.45, 2.75) is 39.2 Å². The average Bonchev–Trinajstić information content (AvgIpc) is 2.73. The van der Waals surface area contributed by atoms with Crippen LogP contribution in [0.2, 0.25) is 0 Å². The number of anilines is 1. The van der Waals surface area contributed by atoms with E-state index in [2.05, 4.69) is 66.9 Å². The Labute approximate surface area is 174 Å². The molecule has 0 aromatic heterocycles. The Hall–Kier alpha value is -2.11. The summed E-state index contributed by atoms with van der Waals surface area (Å²) in [7, 11) is 1.71. The van der Waals surface area contributed by atoms with Gasteiger partial charge in [-0.25, -0.2) is 0 Å². The van der Waals surface area contributed by atoms with Crippen LogP contribution in [-0.2, 0) is 0 Å². The average molecular weight is 399 g/mol. The summed E-state index contributed by atoms with van der Waals surface area (Å²) in [5.41, 5.74) is 4.91. The van der Waals surface area contributed by atoms with Gasteiger partial charge in [0.1, 0.15) is 11.8 Å². The van der Waals surface area contributed by atoms with Gasteiger partial charge in [-0.1, -0.05) is 12.1 Å². The minimum Gasteiger partial charge on any atom is -0.497 e. The summed E-state index contributed by atoms with van der Waals surface area (Å²) in [6, 6.07) is 15.1. The fourth-order valence-corrected chi connectivity index (χ4v) is 4.13. The zero-order chi connectivity index (χ0) is 19.9. The van der Waals surface area contributed by atoms with Crippen LogP contribution < -0.4 is 20.3 Å². The molecule has 1 fully saturated rings. The highest BCUT2D eigenvalue weighted by Crippen LogP contribution is 2.19. The summed E-state index contributed by atoms with van der Waals surface area (Å²) in [5.74, 6) is 0.899.